The lowest BCUT2D eigenvalue weighted by Crippen LogP contribution is -2.36. The second-order valence-corrected chi connectivity index (χ2v) is 7.30. The summed E-state index contributed by atoms with van der Waals surface area (Å²) in [6, 6.07) is 15.8. The molecule has 1 aromatic carbocycles. The Hall–Kier alpha value is -2.80. The van der Waals surface area contributed by atoms with Crippen LogP contribution >= 0.6 is 11.8 Å². The third-order valence-corrected chi connectivity index (χ3v) is 4.90. The monoisotopic (exact) mass is 381 g/mol. The first kappa shape index (κ1) is 19.0. The van der Waals surface area contributed by atoms with E-state index in [0.29, 0.717) is 13.1 Å². The molecule has 7 heteroatoms. The van der Waals surface area contributed by atoms with Gasteiger partial charge in [0.15, 0.2) is 5.82 Å². The van der Waals surface area contributed by atoms with Crippen molar-refractivity contribution in [2.75, 3.05) is 12.3 Å². The summed E-state index contributed by atoms with van der Waals surface area (Å²) >= 11 is 1.72. The van der Waals surface area contributed by atoms with Gasteiger partial charge in [-0.25, -0.2) is 14.5 Å². The Bertz CT molecular complexity index is 877. The number of carbonyl (C=O) groups excluding carboxylic acids is 1. The highest BCUT2D eigenvalue weighted by Gasteiger charge is 2.05. The molecule has 27 heavy (non-hydrogen) atoms. The minimum absolute atomic E-state index is 0.175. The first-order valence-electron chi connectivity index (χ1n) is 8.80. The molecule has 0 saturated carbocycles. The van der Waals surface area contributed by atoms with E-state index in [4.69, 9.17) is 0 Å². The van der Waals surface area contributed by atoms with Crippen LogP contribution in [0.25, 0.3) is 5.82 Å². The molecule has 3 aromatic rings. The molecule has 0 aliphatic rings. The maximum atomic E-state index is 11.9. The fourth-order valence-corrected chi connectivity index (χ4v) is 3.39. The number of pyridine rings is 1. The average Bonchev–Trinajstić information content (AvgIpc) is 3.03. The van der Waals surface area contributed by atoms with Gasteiger partial charge in [-0.2, -0.15) is 5.10 Å². The third kappa shape index (κ3) is 5.59. The zero-order valence-electron chi connectivity index (χ0n) is 15.5. The number of hydrogen-bond donors (Lipinski definition) is 2. The van der Waals surface area contributed by atoms with E-state index in [1.54, 1.807) is 18.0 Å². The normalized spacial score (nSPS) is 10.6. The molecule has 140 valence electrons. The molecule has 0 spiro atoms. The highest BCUT2D eigenvalue weighted by Crippen LogP contribution is 2.15. The third-order valence-electron chi connectivity index (χ3n) is 3.89. The first-order valence-corrected chi connectivity index (χ1v) is 9.78. The number of aromatic nitrogens is 3. The maximum Gasteiger partial charge on any atom is 0.315 e. The second kappa shape index (κ2) is 9.23. The molecule has 0 fully saturated rings. The van der Waals surface area contributed by atoms with Crippen LogP contribution in [0.5, 0.6) is 0 Å². The van der Waals surface area contributed by atoms with Gasteiger partial charge in [0.1, 0.15) is 0 Å². The van der Waals surface area contributed by atoms with Crippen LogP contribution in [0.1, 0.15) is 17.0 Å². The molecule has 6 nitrogen and oxygen atoms in total. The van der Waals surface area contributed by atoms with Crippen molar-refractivity contribution >= 4 is 17.8 Å². The van der Waals surface area contributed by atoms with Crippen LogP contribution in [-0.2, 0) is 6.54 Å². The van der Waals surface area contributed by atoms with E-state index in [2.05, 4.69) is 32.8 Å². The lowest BCUT2D eigenvalue weighted by molar-refractivity contribution is 0.241. The van der Waals surface area contributed by atoms with Gasteiger partial charge in [0.05, 0.1) is 5.69 Å². The number of nitrogens with one attached hydrogen (secondary N) is 2. The van der Waals surface area contributed by atoms with Gasteiger partial charge in [-0.3, -0.25) is 0 Å². The summed E-state index contributed by atoms with van der Waals surface area (Å²) in [6.07, 6.45) is 1.76. The summed E-state index contributed by atoms with van der Waals surface area (Å²) in [4.78, 5) is 17.5. The number of urea groups is 1. The van der Waals surface area contributed by atoms with E-state index in [1.165, 1.54) is 4.90 Å². The average molecular weight is 382 g/mol. The lowest BCUT2D eigenvalue weighted by Gasteiger charge is -2.08. The van der Waals surface area contributed by atoms with Crippen LogP contribution in [0.4, 0.5) is 4.79 Å². The van der Waals surface area contributed by atoms with Gasteiger partial charge in [-0.15, -0.1) is 11.8 Å². The zero-order valence-corrected chi connectivity index (χ0v) is 16.3. The van der Waals surface area contributed by atoms with Gasteiger partial charge in [-0.1, -0.05) is 24.3 Å². The van der Waals surface area contributed by atoms with Crippen molar-refractivity contribution in [3.05, 3.63) is 71.7 Å². The van der Waals surface area contributed by atoms with E-state index in [1.807, 2.05) is 54.9 Å². The van der Waals surface area contributed by atoms with Crippen LogP contribution < -0.4 is 10.6 Å². The summed E-state index contributed by atoms with van der Waals surface area (Å²) in [5.41, 5.74) is 2.94. The molecule has 0 saturated heterocycles. The Morgan fingerprint density at radius 2 is 1.93 bits per heavy atom. The van der Waals surface area contributed by atoms with Crippen molar-refractivity contribution < 1.29 is 4.79 Å². The fourth-order valence-electron chi connectivity index (χ4n) is 2.60. The molecule has 2 N–H and O–H groups in total. The fraction of sp³-hybridized carbons (Fsp3) is 0.250. The van der Waals surface area contributed by atoms with Crippen LogP contribution in [0.3, 0.4) is 0 Å². The van der Waals surface area contributed by atoms with E-state index in [9.17, 15) is 4.79 Å². The summed E-state index contributed by atoms with van der Waals surface area (Å²) in [5.74, 6) is 1.60. The number of aryl methyl sites for hydroxylation is 2. The first-order chi connectivity index (χ1) is 13.1. The van der Waals surface area contributed by atoms with Crippen LogP contribution in [0, 0.1) is 13.8 Å². The van der Waals surface area contributed by atoms with Gasteiger partial charge < -0.3 is 10.6 Å². The van der Waals surface area contributed by atoms with Gasteiger partial charge in [0, 0.05) is 35.6 Å². The molecule has 2 heterocycles. The quantitative estimate of drug-likeness (QED) is 0.486. The Kier molecular flexibility index (Phi) is 6.49. The summed E-state index contributed by atoms with van der Waals surface area (Å²) in [6.45, 7) is 5.00. The number of benzene rings is 1. The van der Waals surface area contributed by atoms with Gasteiger partial charge in [0.2, 0.25) is 0 Å². The molecule has 2 amide bonds. The minimum Gasteiger partial charge on any atom is -0.337 e. The molecular weight excluding hydrogens is 358 g/mol. The Morgan fingerprint density at radius 1 is 1.11 bits per heavy atom. The summed E-state index contributed by atoms with van der Waals surface area (Å²) in [5, 5.41) is 10.1. The standard InChI is InChI=1S/C20H23N5OS/c1-15-12-16(2)25(24-15)19-9-8-17(13-22-19)14-23-20(26)21-10-11-27-18-6-4-3-5-7-18/h3-9,12-13H,10-11,14H2,1-2H3,(H2,21,23,26). The Morgan fingerprint density at radius 3 is 2.59 bits per heavy atom. The van der Waals surface area contributed by atoms with E-state index < -0.39 is 0 Å². The predicted molar refractivity (Wildman–Crippen MR) is 108 cm³/mol. The number of amides is 2. The zero-order chi connectivity index (χ0) is 19.1. The number of nitrogens with zero attached hydrogens (tertiary/aromatic N) is 3. The smallest absolute Gasteiger partial charge is 0.315 e. The van der Waals surface area contributed by atoms with Crippen molar-refractivity contribution in [2.45, 2.75) is 25.3 Å². The molecule has 3 rings (SSSR count). The number of rotatable bonds is 7. The SMILES string of the molecule is Cc1cc(C)n(-c2ccc(CNC(=O)NCCSc3ccccc3)cn2)n1. The second-order valence-electron chi connectivity index (χ2n) is 6.13. The maximum absolute atomic E-state index is 11.9. The van der Waals surface area contributed by atoms with E-state index >= 15 is 0 Å². The van der Waals surface area contributed by atoms with Gasteiger partial charge in [0.25, 0.3) is 0 Å². The van der Waals surface area contributed by atoms with Crippen molar-refractivity contribution in [3.63, 3.8) is 0 Å². The van der Waals surface area contributed by atoms with Crippen LogP contribution in [0.2, 0.25) is 0 Å². The van der Waals surface area contributed by atoms with Crippen molar-refractivity contribution in [1.29, 1.82) is 0 Å². The van der Waals surface area contributed by atoms with Gasteiger partial charge >= 0.3 is 6.03 Å². The van der Waals surface area contributed by atoms with Gasteiger partial charge in [-0.05, 0) is 43.7 Å². The summed E-state index contributed by atoms with van der Waals surface area (Å²) in [7, 11) is 0. The summed E-state index contributed by atoms with van der Waals surface area (Å²) < 4.78 is 1.81. The van der Waals surface area contributed by atoms with Crippen LogP contribution in [0.15, 0.2) is 59.6 Å². The highest BCUT2D eigenvalue weighted by molar-refractivity contribution is 7.99. The number of carbonyl (C=O) groups is 1. The van der Waals surface area contributed by atoms with Crippen molar-refractivity contribution in [1.82, 2.24) is 25.4 Å². The van der Waals surface area contributed by atoms with Crippen LogP contribution in [-0.4, -0.2) is 33.1 Å². The number of hydrogen-bond acceptors (Lipinski definition) is 4. The molecular formula is C20H23N5OS. The van der Waals surface area contributed by atoms with Crippen molar-refractivity contribution in [3.8, 4) is 5.82 Å². The Labute approximate surface area is 163 Å². The van der Waals surface area contributed by atoms with E-state index in [-0.39, 0.29) is 6.03 Å². The molecule has 0 bridgehead atoms. The molecule has 0 aliphatic heterocycles. The minimum atomic E-state index is -0.175. The van der Waals surface area contributed by atoms with E-state index in [0.717, 1.165) is 28.5 Å². The topological polar surface area (TPSA) is 71.8 Å². The largest absolute Gasteiger partial charge is 0.337 e. The molecule has 2 aromatic heterocycles. The molecule has 0 radical (unpaired) electrons. The lowest BCUT2D eigenvalue weighted by atomic mass is 10.3. The molecule has 0 unspecified atom stereocenters. The highest BCUT2D eigenvalue weighted by atomic mass is 32.2. The molecule has 0 atom stereocenters. The predicted octanol–water partition coefficient (Wildman–Crippen LogP) is 3.48. The van der Waals surface area contributed by atoms with Crippen molar-refractivity contribution in [2.24, 2.45) is 0 Å². The molecule has 0 aliphatic carbocycles. The Balaban J connectivity index is 1.40. The number of thioether (sulfide) groups is 1.